The molecule has 1 aromatic carbocycles. The predicted molar refractivity (Wildman–Crippen MR) is 81.7 cm³/mol. The molecule has 1 aliphatic heterocycles. The maximum absolute atomic E-state index is 9.55. The van der Waals surface area contributed by atoms with Gasteiger partial charge in [-0.25, -0.2) is 0 Å². The van der Waals surface area contributed by atoms with E-state index in [4.69, 9.17) is 5.26 Å². The zero-order valence-electron chi connectivity index (χ0n) is 11.0. The van der Waals surface area contributed by atoms with E-state index in [1.54, 1.807) is 12.1 Å². The summed E-state index contributed by atoms with van der Waals surface area (Å²) >= 11 is 0. The highest BCUT2D eigenvalue weighted by atomic mass is 35.5. The molecule has 0 unspecified atom stereocenters. The van der Waals surface area contributed by atoms with Crippen molar-refractivity contribution in [3.05, 3.63) is 23.8 Å². The number of halogens is 2. The van der Waals surface area contributed by atoms with Crippen LogP contribution in [0.1, 0.15) is 18.0 Å². The molecule has 0 radical (unpaired) electrons. The van der Waals surface area contributed by atoms with E-state index in [0.717, 1.165) is 31.7 Å². The summed E-state index contributed by atoms with van der Waals surface area (Å²) in [4.78, 5) is 2.23. The maximum Gasteiger partial charge on any atom is 0.157 e. The number of nitrogens with zero attached hydrogens (tertiary/aromatic N) is 2. The molecule has 1 aliphatic rings. The fraction of sp³-hybridized carbons (Fsp3) is 0.462. The molecule has 5 nitrogen and oxygen atoms in total. The zero-order chi connectivity index (χ0) is 13.0. The van der Waals surface area contributed by atoms with E-state index in [1.807, 2.05) is 0 Å². The third kappa shape index (κ3) is 4.43. The van der Waals surface area contributed by atoms with E-state index < -0.39 is 0 Å². The van der Waals surface area contributed by atoms with Crippen LogP contribution in [0.4, 0.5) is 0 Å². The fourth-order valence-electron chi connectivity index (χ4n) is 2.29. The normalized spacial score (nSPS) is 16.4. The van der Waals surface area contributed by atoms with Gasteiger partial charge in [-0.2, -0.15) is 5.26 Å². The number of nitrogens with one attached hydrogen (secondary N) is 1. The summed E-state index contributed by atoms with van der Waals surface area (Å²) < 4.78 is 0. The van der Waals surface area contributed by atoms with Gasteiger partial charge in [0.15, 0.2) is 11.5 Å². The van der Waals surface area contributed by atoms with Gasteiger partial charge in [0.1, 0.15) is 0 Å². The van der Waals surface area contributed by atoms with Gasteiger partial charge in [0.25, 0.3) is 0 Å². The topological polar surface area (TPSA) is 79.5 Å². The largest absolute Gasteiger partial charge is 0.504 e. The number of phenolic OH excluding ortho intramolecular Hbond substituents is 2. The van der Waals surface area contributed by atoms with E-state index in [1.165, 1.54) is 6.07 Å². The Kier molecular flexibility index (Phi) is 8.35. The molecule has 0 aliphatic carbocycles. The first-order chi connectivity index (χ1) is 8.72. The number of piperazine rings is 1. The van der Waals surface area contributed by atoms with Crippen molar-refractivity contribution in [2.45, 2.75) is 12.5 Å². The Balaban J connectivity index is 0.00000180. The van der Waals surface area contributed by atoms with Gasteiger partial charge in [-0.15, -0.1) is 24.8 Å². The average Bonchev–Trinajstić information content (AvgIpc) is 2.40. The Bertz CT molecular complexity index is 459. The molecule has 0 aromatic heterocycles. The van der Waals surface area contributed by atoms with Crippen LogP contribution in [0.5, 0.6) is 11.5 Å². The van der Waals surface area contributed by atoms with Gasteiger partial charge in [0.2, 0.25) is 0 Å². The molecule has 0 spiro atoms. The third-order valence-electron chi connectivity index (χ3n) is 3.26. The second kappa shape index (κ2) is 8.88. The van der Waals surface area contributed by atoms with E-state index in [-0.39, 0.29) is 42.4 Å². The minimum absolute atomic E-state index is 0. The number of rotatable bonds is 3. The monoisotopic (exact) mass is 319 g/mol. The van der Waals surface area contributed by atoms with Crippen LogP contribution in [-0.4, -0.2) is 41.3 Å². The van der Waals surface area contributed by atoms with Gasteiger partial charge < -0.3 is 15.5 Å². The number of nitriles is 1. The summed E-state index contributed by atoms with van der Waals surface area (Å²) in [6, 6.07) is 6.94. The lowest BCUT2D eigenvalue weighted by Gasteiger charge is -2.34. The molecule has 112 valence electrons. The minimum atomic E-state index is -0.134. The molecule has 1 atom stereocenters. The Morgan fingerprint density at radius 2 is 1.85 bits per heavy atom. The molecule has 3 N–H and O–H groups in total. The Morgan fingerprint density at radius 1 is 1.20 bits per heavy atom. The standard InChI is InChI=1S/C13H17N3O2.2ClH/c14-4-3-11(16-7-5-15-6-8-16)10-1-2-12(17)13(18)9-10;;/h1-2,9,11,15,17-18H,3,5-8H2;2*1H/t11-;;/m1../s1. The van der Waals surface area contributed by atoms with E-state index in [2.05, 4.69) is 16.3 Å². The molecule has 1 aromatic rings. The van der Waals surface area contributed by atoms with Crippen molar-refractivity contribution < 1.29 is 10.2 Å². The smallest absolute Gasteiger partial charge is 0.157 e. The van der Waals surface area contributed by atoms with Crippen LogP contribution in [-0.2, 0) is 0 Å². The number of hydrogen-bond acceptors (Lipinski definition) is 5. The summed E-state index contributed by atoms with van der Waals surface area (Å²) in [6.45, 7) is 3.58. The molecular weight excluding hydrogens is 301 g/mol. The van der Waals surface area contributed by atoms with Gasteiger partial charge in [0.05, 0.1) is 12.5 Å². The van der Waals surface area contributed by atoms with Crippen LogP contribution in [0, 0.1) is 11.3 Å². The zero-order valence-corrected chi connectivity index (χ0v) is 12.6. The SMILES string of the molecule is Cl.Cl.N#CC[C@H](c1ccc(O)c(O)c1)N1CCNCC1. The molecule has 7 heteroatoms. The Hall–Kier alpha value is -1.19. The number of aromatic hydroxyl groups is 2. The lowest BCUT2D eigenvalue weighted by molar-refractivity contribution is 0.175. The lowest BCUT2D eigenvalue weighted by Crippen LogP contribution is -2.45. The highest BCUT2D eigenvalue weighted by Gasteiger charge is 2.22. The van der Waals surface area contributed by atoms with Crippen LogP contribution in [0.2, 0.25) is 0 Å². The summed E-state index contributed by atoms with van der Waals surface area (Å²) in [5, 5.41) is 31.1. The fourth-order valence-corrected chi connectivity index (χ4v) is 2.29. The van der Waals surface area contributed by atoms with Crippen molar-refractivity contribution in [3.63, 3.8) is 0 Å². The maximum atomic E-state index is 9.55. The van der Waals surface area contributed by atoms with Crippen molar-refractivity contribution in [2.75, 3.05) is 26.2 Å². The molecule has 2 rings (SSSR count). The molecule has 1 heterocycles. The molecule has 0 amide bonds. The van der Waals surface area contributed by atoms with Crippen molar-refractivity contribution >= 4 is 24.8 Å². The van der Waals surface area contributed by atoms with Crippen molar-refractivity contribution in [2.24, 2.45) is 0 Å². The highest BCUT2D eigenvalue weighted by molar-refractivity contribution is 5.85. The second-order valence-corrected chi connectivity index (χ2v) is 4.41. The summed E-state index contributed by atoms with van der Waals surface area (Å²) in [5.41, 5.74) is 0.869. The molecule has 0 saturated carbocycles. The van der Waals surface area contributed by atoms with Gasteiger partial charge in [-0.3, -0.25) is 4.90 Å². The van der Waals surface area contributed by atoms with Crippen LogP contribution >= 0.6 is 24.8 Å². The van der Waals surface area contributed by atoms with Crippen LogP contribution < -0.4 is 5.32 Å². The van der Waals surface area contributed by atoms with Gasteiger partial charge in [0, 0.05) is 32.2 Å². The summed E-state index contributed by atoms with van der Waals surface area (Å²) in [6.07, 6.45) is 0.379. The molecule has 1 saturated heterocycles. The summed E-state index contributed by atoms with van der Waals surface area (Å²) in [7, 11) is 0. The second-order valence-electron chi connectivity index (χ2n) is 4.41. The molecular formula is C13H19Cl2N3O2. The lowest BCUT2D eigenvalue weighted by atomic mass is 10.0. The van der Waals surface area contributed by atoms with E-state index in [9.17, 15) is 10.2 Å². The van der Waals surface area contributed by atoms with Gasteiger partial charge >= 0.3 is 0 Å². The summed E-state index contributed by atoms with van der Waals surface area (Å²) in [5.74, 6) is -0.264. The van der Waals surface area contributed by atoms with Crippen LogP contribution in [0.25, 0.3) is 0 Å². The van der Waals surface area contributed by atoms with Crippen molar-refractivity contribution in [1.82, 2.24) is 10.2 Å². The first-order valence-corrected chi connectivity index (χ1v) is 6.06. The van der Waals surface area contributed by atoms with Crippen molar-refractivity contribution in [3.8, 4) is 17.6 Å². The van der Waals surface area contributed by atoms with Gasteiger partial charge in [-0.05, 0) is 17.7 Å². The Labute approximate surface area is 131 Å². The first kappa shape index (κ1) is 18.8. The third-order valence-corrected chi connectivity index (χ3v) is 3.26. The average molecular weight is 320 g/mol. The Morgan fingerprint density at radius 3 is 2.40 bits per heavy atom. The minimum Gasteiger partial charge on any atom is -0.504 e. The number of hydrogen-bond donors (Lipinski definition) is 3. The van der Waals surface area contributed by atoms with E-state index in [0.29, 0.717) is 6.42 Å². The molecule has 1 fully saturated rings. The van der Waals surface area contributed by atoms with E-state index >= 15 is 0 Å². The quantitative estimate of drug-likeness (QED) is 0.740. The van der Waals surface area contributed by atoms with Crippen LogP contribution in [0.3, 0.4) is 0 Å². The highest BCUT2D eigenvalue weighted by Crippen LogP contribution is 2.31. The van der Waals surface area contributed by atoms with Crippen molar-refractivity contribution in [1.29, 1.82) is 5.26 Å². The predicted octanol–water partition coefficient (Wildman–Crippen LogP) is 1.80. The molecule has 20 heavy (non-hydrogen) atoms. The number of benzene rings is 1. The van der Waals surface area contributed by atoms with Crippen LogP contribution in [0.15, 0.2) is 18.2 Å². The first-order valence-electron chi connectivity index (χ1n) is 6.06. The molecule has 0 bridgehead atoms. The number of phenols is 2. The van der Waals surface area contributed by atoms with Gasteiger partial charge in [-0.1, -0.05) is 6.07 Å².